The van der Waals surface area contributed by atoms with Crippen LogP contribution >= 0.6 is 0 Å². The topological polar surface area (TPSA) is 9.23 Å². The van der Waals surface area contributed by atoms with E-state index >= 15 is 0 Å². The van der Waals surface area contributed by atoms with Crippen LogP contribution < -0.4 is 0 Å². The first-order valence-corrected chi connectivity index (χ1v) is 6.05. The van der Waals surface area contributed by atoms with Gasteiger partial charge in [0.05, 0.1) is 6.61 Å². The molecule has 0 amide bonds. The summed E-state index contributed by atoms with van der Waals surface area (Å²) in [6.45, 7) is 13.0. The molecule has 1 heteroatoms. The van der Waals surface area contributed by atoms with Gasteiger partial charge in [-0.15, -0.1) is 0 Å². The Morgan fingerprint density at radius 2 is 1.79 bits per heavy atom. The maximum absolute atomic E-state index is 5.48. The molecule has 0 N–H and O–H groups in total. The fourth-order valence-electron chi connectivity index (χ4n) is 1.61. The highest BCUT2D eigenvalue weighted by atomic mass is 16.5. The quantitative estimate of drug-likeness (QED) is 0.532. The molecule has 0 rings (SSSR count). The Balaban J connectivity index is 3.44. The van der Waals surface area contributed by atoms with E-state index in [-0.39, 0.29) is 0 Å². The Morgan fingerprint density at radius 1 is 1.14 bits per heavy atom. The summed E-state index contributed by atoms with van der Waals surface area (Å²) < 4.78 is 5.48. The van der Waals surface area contributed by atoms with Gasteiger partial charge in [0.1, 0.15) is 0 Å². The van der Waals surface area contributed by atoms with Gasteiger partial charge in [-0.1, -0.05) is 47.0 Å². The molecule has 0 atom stereocenters. The molecule has 14 heavy (non-hydrogen) atoms. The molecule has 0 saturated carbocycles. The van der Waals surface area contributed by atoms with Gasteiger partial charge in [0.25, 0.3) is 0 Å². The first-order valence-electron chi connectivity index (χ1n) is 6.05. The Labute approximate surface area is 90.2 Å². The van der Waals surface area contributed by atoms with Crippen molar-refractivity contribution >= 4 is 0 Å². The predicted molar refractivity (Wildman–Crippen MR) is 63.6 cm³/mol. The first-order chi connectivity index (χ1) is 6.48. The zero-order chi connectivity index (χ0) is 11.0. The molecular formula is C13H28O. The van der Waals surface area contributed by atoms with E-state index in [0.717, 1.165) is 19.1 Å². The molecule has 0 aromatic rings. The van der Waals surface area contributed by atoms with E-state index in [4.69, 9.17) is 4.74 Å². The minimum atomic E-state index is 0.368. The third-order valence-electron chi connectivity index (χ3n) is 2.58. The second kappa shape index (κ2) is 7.28. The van der Waals surface area contributed by atoms with Crippen molar-refractivity contribution in [2.24, 2.45) is 11.3 Å². The third kappa shape index (κ3) is 8.55. The second-order valence-corrected chi connectivity index (χ2v) is 5.44. The highest BCUT2D eigenvalue weighted by Gasteiger charge is 2.17. The van der Waals surface area contributed by atoms with Crippen molar-refractivity contribution in [2.75, 3.05) is 13.2 Å². The molecule has 86 valence electrons. The molecule has 0 unspecified atom stereocenters. The average Bonchev–Trinajstić information content (AvgIpc) is 2.09. The van der Waals surface area contributed by atoms with Crippen molar-refractivity contribution in [1.82, 2.24) is 0 Å². The zero-order valence-electron chi connectivity index (χ0n) is 10.7. The van der Waals surface area contributed by atoms with Crippen LogP contribution in [0.4, 0.5) is 0 Å². The normalized spacial score (nSPS) is 12.4. The van der Waals surface area contributed by atoms with Crippen LogP contribution in [0.1, 0.15) is 60.3 Å². The lowest BCUT2D eigenvalue weighted by molar-refractivity contribution is 0.0644. The van der Waals surface area contributed by atoms with Crippen LogP contribution in [-0.4, -0.2) is 13.2 Å². The molecular weight excluding hydrogens is 172 g/mol. The van der Waals surface area contributed by atoms with Crippen LogP contribution in [0.3, 0.4) is 0 Å². The van der Waals surface area contributed by atoms with Gasteiger partial charge in [-0.2, -0.15) is 0 Å². The molecule has 0 radical (unpaired) electrons. The van der Waals surface area contributed by atoms with Crippen LogP contribution in [0.15, 0.2) is 0 Å². The van der Waals surface area contributed by atoms with Crippen LogP contribution in [-0.2, 0) is 4.74 Å². The van der Waals surface area contributed by atoms with E-state index in [9.17, 15) is 0 Å². The summed E-state index contributed by atoms with van der Waals surface area (Å²) in [6.07, 6.45) is 5.37. The molecule has 1 nitrogen and oxygen atoms in total. The molecule has 0 aliphatic carbocycles. The summed E-state index contributed by atoms with van der Waals surface area (Å²) in [4.78, 5) is 0. The Morgan fingerprint density at radius 3 is 2.29 bits per heavy atom. The van der Waals surface area contributed by atoms with Crippen molar-refractivity contribution in [3.8, 4) is 0 Å². The van der Waals surface area contributed by atoms with Gasteiger partial charge in [0.2, 0.25) is 0 Å². The fraction of sp³-hybridized carbons (Fsp3) is 1.00. The number of ether oxygens (including phenoxy) is 1. The lowest BCUT2D eigenvalue weighted by atomic mass is 9.87. The molecule has 0 aliphatic rings. The summed E-state index contributed by atoms with van der Waals surface area (Å²) in [6, 6.07) is 0. The van der Waals surface area contributed by atoms with E-state index in [1.807, 2.05) is 0 Å². The van der Waals surface area contributed by atoms with Crippen molar-refractivity contribution in [2.45, 2.75) is 60.3 Å². The summed E-state index contributed by atoms with van der Waals surface area (Å²) in [5, 5.41) is 0. The summed E-state index contributed by atoms with van der Waals surface area (Å²) in [5.74, 6) is 0.852. The Bertz CT molecular complexity index is 127. The lowest BCUT2D eigenvalue weighted by Gasteiger charge is -2.24. The molecule has 0 saturated heterocycles. The van der Waals surface area contributed by atoms with Gasteiger partial charge in [-0.25, -0.2) is 0 Å². The number of rotatable bonds is 8. The monoisotopic (exact) mass is 200 g/mol. The smallest absolute Gasteiger partial charge is 0.0516 e. The van der Waals surface area contributed by atoms with Crippen molar-refractivity contribution < 1.29 is 4.74 Å². The molecule has 0 heterocycles. The van der Waals surface area contributed by atoms with Crippen molar-refractivity contribution in [3.05, 3.63) is 0 Å². The molecule has 0 aromatic heterocycles. The van der Waals surface area contributed by atoms with Crippen molar-refractivity contribution in [3.63, 3.8) is 0 Å². The molecule has 0 fully saturated rings. The minimum Gasteiger partial charge on any atom is -0.381 e. The average molecular weight is 200 g/mol. The maximum Gasteiger partial charge on any atom is 0.0516 e. The van der Waals surface area contributed by atoms with Gasteiger partial charge in [0.15, 0.2) is 0 Å². The minimum absolute atomic E-state index is 0.368. The molecule has 0 aliphatic heterocycles. The second-order valence-electron chi connectivity index (χ2n) is 5.44. The number of unbranched alkanes of at least 4 members (excludes halogenated alkanes) is 1. The van der Waals surface area contributed by atoms with Crippen LogP contribution in [0.2, 0.25) is 0 Å². The lowest BCUT2D eigenvalue weighted by Crippen LogP contribution is -2.19. The highest BCUT2D eigenvalue weighted by Crippen LogP contribution is 2.24. The van der Waals surface area contributed by atoms with Gasteiger partial charge in [-0.3, -0.25) is 0 Å². The third-order valence-corrected chi connectivity index (χ3v) is 2.58. The highest BCUT2D eigenvalue weighted by molar-refractivity contribution is 4.67. The van der Waals surface area contributed by atoms with Gasteiger partial charge >= 0.3 is 0 Å². The number of hydrogen-bond acceptors (Lipinski definition) is 1. The van der Waals surface area contributed by atoms with Gasteiger partial charge < -0.3 is 4.74 Å². The predicted octanol–water partition coefficient (Wildman–Crippen LogP) is 4.27. The van der Waals surface area contributed by atoms with E-state index in [1.54, 1.807) is 0 Å². The van der Waals surface area contributed by atoms with Gasteiger partial charge in [-0.05, 0) is 24.7 Å². The summed E-state index contributed by atoms with van der Waals surface area (Å²) >= 11 is 0. The van der Waals surface area contributed by atoms with Crippen LogP contribution in [0, 0.1) is 11.3 Å². The largest absolute Gasteiger partial charge is 0.381 e. The molecule has 0 bridgehead atoms. The Hall–Kier alpha value is -0.0400. The standard InChI is InChI=1S/C13H28O/c1-6-14-11-13(4,5)10-8-7-9-12(2)3/h12H,6-11H2,1-5H3. The van der Waals surface area contributed by atoms with E-state index in [2.05, 4.69) is 34.6 Å². The summed E-state index contributed by atoms with van der Waals surface area (Å²) in [7, 11) is 0. The van der Waals surface area contributed by atoms with Crippen LogP contribution in [0.5, 0.6) is 0 Å². The molecule has 0 aromatic carbocycles. The molecule has 0 spiro atoms. The number of hydrogen-bond donors (Lipinski definition) is 0. The maximum atomic E-state index is 5.48. The SMILES string of the molecule is CCOCC(C)(C)CCCCC(C)C. The fourth-order valence-corrected chi connectivity index (χ4v) is 1.61. The van der Waals surface area contributed by atoms with E-state index in [1.165, 1.54) is 25.7 Å². The van der Waals surface area contributed by atoms with Crippen molar-refractivity contribution in [1.29, 1.82) is 0 Å². The van der Waals surface area contributed by atoms with E-state index in [0.29, 0.717) is 5.41 Å². The van der Waals surface area contributed by atoms with E-state index < -0.39 is 0 Å². The summed E-state index contributed by atoms with van der Waals surface area (Å²) in [5.41, 5.74) is 0.368. The Kier molecular flexibility index (Phi) is 7.26. The van der Waals surface area contributed by atoms with Crippen LogP contribution in [0.25, 0.3) is 0 Å². The first kappa shape index (κ1) is 14.0. The van der Waals surface area contributed by atoms with Gasteiger partial charge in [0, 0.05) is 6.61 Å². The zero-order valence-corrected chi connectivity index (χ0v) is 10.7.